The van der Waals surface area contributed by atoms with E-state index in [9.17, 15) is 18.0 Å². The third-order valence-electron chi connectivity index (χ3n) is 4.24. The first-order valence-electron chi connectivity index (χ1n) is 8.42. The normalized spacial score (nSPS) is 17.5. The minimum absolute atomic E-state index is 0.121. The summed E-state index contributed by atoms with van der Waals surface area (Å²) in [5.74, 6) is -1.16. The molecule has 1 aliphatic heterocycles. The van der Waals surface area contributed by atoms with E-state index in [0.29, 0.717) is 40.2 Å². The molecule has 11 heteroatoms. The lowest BCUT2D eigenvalue weighted by atomic mass is 10.0. The van der Waals surface area contributed by atoms with Crippen molar-refractivity contribution >= 4 is 29.0 Å². The molecular weight excluding hydrogens is 417 g/mol. The number of alkyl halides is 3. The van der Waals surface area contributed by atoms with Crippen LogP contribution in [-0.2, 0) is 4.74 Å². The average molecular weight is 431 g/mol. The second-order valence-electron chi connectivity index (χ2n) is 6.26. The van der Waals surface area contributed by atoms with Crippen LogP contribution >= 0.6 is 23.4 Å². The quantitative estimate of drug-likeness (QED) is 0.627. The van der Waals surface area contributed by atoms with Gasteiger partial charge in [-0.3, -0.25) is 4.98 Å². The van der Waals surface area contributed by atoms with Gasteiger partial charge in [-0.2, -0.15) is 22.8 Å². The number of ether oxygens (including phenoxy) is 1. The van der Waals surface area contributed by atoms with Crippen molar-refractivity contribution in [3.05, 3.63) is 45.5 Å². The number of H-pyrrole nitrogens is 1. The highest BCUT2D eigenvalue weighted by Gasteiger charge is 2.30. The fourth-order valence-electron chi connectivity index (χ4n) is 3.07. The molecule has 0 aliphatic carbocycles. The summed E-state index contributed by atoms with van der Waals surface area (Å²) >= 11 is 6.39. The molecule has 148 valence electrons. The number of halogens is 4. The number of hydrogen-bond acceptors (Lipinski definition) is 5. The van der Waals surface area contributed by atoms with Crippen molar-refractivity contribution in [2.75, 3.05) is 12.4 Å². The number of nitrogens with one attached hydrogen (secondary N) is 1. The van der Waals surface area contributed by atoms with Gasteiger partial charge in [-0.1, -0.05) is 35.5 Å². The molecule has 4 rings (SSSR count). The first-order valence-corrected chi connectivity index (χ1v) is 9.78. The molecule has 1 aromatic carbocycles. The second kappa shape index (κ2) is 7.41. The third kappa shape index (κ3) is 3.89. The summed E-state index contributed by atoms with van der Waals surface area (Å²) in [6, 6.07) is 6.88. The summed E-state index contributed by atoms with van der Waals surface area (Å²) < 4.78 is 44.5. The van der Waals surface area contributed by atoms with Crippen molar-refractivity contribution in [3.8, 4) is 11.1 Å². The van der Waals surface area contributed by atoms with Crippen LogP contribution < -0.4 is 5.69 Å². The van der Waals surface area contributed by atoms with E-state index in [0.717, 1.165) is 17.4 Å². The number of fused-ring (bicyclic) bond motifs is 1. The second-order valence-corrected chi connectivity index (χ2v) is 7.66. The number of benzene rings is 1. The highest BCUT2D eigenvalue weighted by molar-refractivity contribution is 7.99. The highest BCUT2D eigenvalue weighted by atomic mass is 35.5. The lowest BCUT2D eigenvalue weighted by molar-refractivity contribution is -0.105. The molecule has 3 heterocycles. The molecule has 0 bridgehead atoms. The zero-order valence-corrected chi connectivity index (χ0v) is 15.9. The number of aromatic amines is 1. The molecular formula is C17H14ClF3N4O2S. The lowest BCUT2D eigenvalue weighted by Gasteiger charge is -2.09. The molecule has 2 aromatic heterocycles. The van der Waals surface area contributed by atoms with Gasteiger partial charge < -0.3 is 4.74 Å². The summed E-state index contributed by atoms with van der Waals surface area (Å²) in [5.41, 5.74) is 1.32. The highest BCUT2D eigenvalue weighted by Crippen LogP contribution is 2.37. The van der Waals surface area contributed by atoms with E-state index in [1.54, 1.807) is 24.3 Å². The van der Waals surface area contributed by atoms with E-state index in [1.165, 1.54) is 0 Å². The SMILES string of the molecule is O=c1[nH]c(SCC(F)(F)F)nc2c(-c3ccc(Cl)cc3)c(C3CCCO3)nn12. The Morgan fingerprint density at radius 2 is 2.07 bits per heavy atom. The van der Waals surface area contributed by atoms with Crippen LogP contribution in [0.25, 0.3) is 16.8 Å². The molecule has 1 N–H and O–H groups in total. The van der Waals surface area contributed by atoms with Crippen molar-refractivity contribution in [1.29, 1.82) is 0 Å². The number of thioether (sulfide) groups is 1. The Hall–Kier alpha value is -2.04. The van der Waals surface area contributed by atoms with E-state index in [2.05, 4.69) is 15.1 Å². The van der Waals surface area contributed by atoms with E-state index in [4.69, 9.17) is 16.3 Å². The molecule has 0 spiro atoms. The maximum absolute atomic E-state index is 12.6. The summed E-state index contributed by atoms with van der Waals surface area (Å²) in [5, 5.41) is 4.78. The van der Waals surface area contributed by atoms with Gasteiger partial charge in [0.25, 0.3) is 0 Å². The molecule has 0 saturated carbocycles. The molecule has 1 unspecified atom stereocenters. The van der Waals surface area contributed by atoms with Crippen LogP contribution in [0.1, 0.15) is 24.6 Å². The summed E-state index contributed by atoms with van der Waals surface area (Å²) in [6.07, 6.45) is -3.09. The summed E-state index contributed by atoms with van der Waals surface area (Å²) in [6.45, 7) is 0.578. The lowest BCUT2D eigenvalue weighted by Crippen LogP contribution is -2.20. The summed E-state index contributed by atoms with van der Waals surface area (Å²) in [7, 11) is 0. The van der Waals surface area contributed by atoms with E-state index in [1.807, 2.05) is 0 Å². The van der Waals surface area contributed by atoms with Gasteiger partial charge in [0.2, 0.25) is 0 Å². The molecule has 28 heavy (non-hydrogen) atoms. The average Bonchev–Trinajstić information content (AvgIpc) is 3.28. The zero-order valence-electron chi connectivity index (χ0n) is 14.3. The largest absolute Gasteiger partial charge is 0.398 e. The van der Waals surface area contributed by atoms with Crippen LogP contribution in [0.2, 0.25) is 5.02 Å². The Balaban J connectivity index is 1.88. The van der Waals surface area contributed by atoms with Gasteiger partial charge in [0, 0.05) is 11.6 Å². The Bertz CT molecular complexity index is 1060. The maximum Gasteiger partial charge on any atom is 0.398 e. The Morgan fingerprint density at radius 1 is 1.32 bits per heavy atom. The van der Waals surface area contributed by atoms with Crippen molar-refractivity contribution < 1.29 is 17.9 Å². The van der Waals surface area contributed by atoms with Crippen LogP contribution in [0.4, 0.5) is 13.2 Å². The van der Waals surface area contributed by atoms with Gasteiger partial charge in [0.1, 0.15) is 11.8 Å². The number of aromatic nitrogens is 4. The van der Waals surface area contributed by atoms with Crippen molar-refractivity contribution in [2.45, 2.75) is 30.3 Å². The van der Waals surface area contributed by atoms with Gasteiger partial charge in [-0.25, -0.2) is 9.78 Å². The Kier molecular flexibility index (Phi) is 5.11. The fourth-order valence-corrected chi connectivity index (χ4v) is 3.81. The van der Waals surface area contributed by atoms with Gasteiger partial charge >= 0.3 is 11.9 Å². The minimum Gasteiger partial charge on any atom is -0.372 e. The van der Waals surface area contributed by atoms with Gasteiger partial charge in [-0.05, 0) is 30.5 Å². The predicted molar refractivity (Wildman–Crippen MR) is 98.8 cm³/mol. The molecule has 3 aromatic rings. The molecule has 6 nitrogen and oxygen atoms in total. The van der Waals surface area contributed by atoms with Gasteiger partial charge in [0.05, 0.1) is 11.3 Å². The zero-order chi connectivity index (χ0) is 19.9. The van der Waals surface area contributed by atoms with Gasteiger partial charge in [-0.15, -0.1) is 0 Å². The number of nitrogens with zero attached hydrogens (tertiary/aromatic N) is 3. The van der Waals surface area contributed by atoms with Crippen LogP contribution in [0.15, 0.2) is 34.2 Å². The first-order chi connectivity index (χ1) is 13.3. The Labute approximate surface area is 166 Å². The van der Waals surface area contributed by atoms with E-state index in [-0.39, 0.29) is 16.9 Å². The minimum atomic E-state index is -4.38. The molecule has 0 amide bonds. The Morgan fingerprint density at radius 3 is 2.71 bits per heavy atom. The van der Waals surface area contributed by atoms with Crippen LogP contribution in [0, 0.1) is 0 Å². The maximum atomic E-state index is 12.6. The van der Waals surface area contributed by atoms with Gasteiger partial charge in [0.15, 0.2) is 10.8 Å². The number of hydrogen-bond donors (Lipinski definition) is 1. The first kappa shape index (κ1) is 19.3. The third-order valence-corrected chi connectivity index (χ3v) is 5.43. The molecule has 1 fully saturated rings. The predicted octanol–water partition coefficient (Wildman–Crippen LogP) is 4.24. The topological polar surface area (TPSA) is 72.3 Å². The van der Waals surface area contributed by atoms with Crippen molar-refractivity contribution in [2.24, 2.45) is 0 Å². The molecule has 1 saturated heterocycles. The monoisotopic (exact) mass is 430 g/mol. The molecule has 1 aliphatic rings. The molecule has 1 atom stereocenters. The smallest absolute Gasteiger partial charge is 0.372 e. The van der Waals surface area contributed by atoms with E-state index >= 15 is 0 Å². The van der Waals surface area contributed by atoms with Crippen molar-refractivity contribution in [3.63, 3.8) is 0 Å². The molecule has 0 radical (unpaired) electrons. The van der Waals surface area contributed by atoms with Crippen LogP contribution in [0.3, 0.4) is 0 Å². The standard InChI is InChI=1S/C17H14ClF3N4O2S/c18-10-5-3-9(4-6-10)12-13(11-2-1-7-27-11)24-25-14(12)22-15(23-16(25)26)28-8-17(19,20)21/h3-6,11H,1-2,7-8H2,(H,22,23,26). The van der Waals surface area contributed by atoms with Crippen LogP contribution in [0.5, 0.6) is 0 Å². The summed E-state index contributed by atoms with van der Waals surface area (Å²) in [4.78, 5) is 19.0. The van der Waals surface area contributed by atoms with E-state index < -0.39 is 17.6 Å². The number of rotatable bonds is 4. The van der Waals surface area contributed by atoms with Crippen molar-refractivity contribution in [1.82, 2.24) is 19.6 Å². The fraction of sp³-hybridized carbons (Fsp3) is 0.353. The van der Waals surface area contributed by atoms with Crippen LogP contribution in [-0.4, -0.2) is 38.1 Å².